The highest BCUT2D eigenvalue weighted by atomic mass is 32.2. The van der Waals surface area contributed by atoms with Crippen LogP contribution in [0.25, 0.3) is 10.9 Å². The van der Waals surface area contributed by atoms with Gasteiger partial charge in [0.25, 0.3) is 10.0 Å². The number of unbranched alkanes of at least 4 members (excludes halogenated alkanes) is 3. The topological polar surface area (TPSA) is 48.3 Å². The fourth-order valence-corrected chi connectivity index (χ4v) is 4.33. The first-order valence-corrected chi connectivity index (χ1v) is 10.5. The number of hydrogen-bond donors (Lipinski definition) is 0. The van der Waals surface area contributed by atoms with Gasteiger partial charge in [-0.25, -0.2) is 12.4 Å². The van der Waals surface area contributed by atoms with Crippen LogP contribution in [0, 0.1) is 6.92 Å². The zero-order chi connectivity index (χ0) is 18.6. The third kappa shape index (κ3) is 3.78. The van der Waals surface area contributed by atoms with Crippen molar-refractivity contribution in [1.82, 2.24) is 3.97 Å². The molecular formula is C21H25NO3S. The van der Waals surface area contributed by atoms with Crippen LogP contribution in [0.1, 0.15) is 38.2 Å². The number of benzene rings is 2. The molecule has 0 spiro atoms. The van der Waals surface area contributed by atoms with Gasteiger partial charge in [-0.2, -0.15) is 0 Å². The van der Waals surface area contributed by atoms with Gasteiger partial charge in [0.15, 0.2) is 0 Å². The van der Waals surface area contributed by atoms with E-state index in [1.54, 1.807) is 18.3 Å². The maximum Gasteiger partial charge on any atom is 0.268 e. The Bertz CT molecular complexity index is 972. The predicted octanol–water partition coefficient (Wildman–Crippen LogP) is 5.15. The summed E-state index contributed by atoms with van der Waals surface area (Å²) in [6.07, 6.45) is 6.05. The normalized spacial score (nSPS) is 11.8. The SMILES string of the molecule is CCCCCCOc1cn(S(=O)(=O)c2ccc(C)cc2)c2ccccc12. The van der Waals surface area contributed by atoms with Crippen molar-refractivity contribution in [2.75, 3.05) is 6.61 Å². The van der Waals surface area contributed by atoms with Gasteiger partial charge >= 0.3 is 0 Å². The van der Waals surface area contributed by atoms with E-state index in [1.165, 1.54) is 16.8 Å². The second-order valence-electron chi connectivity index (χ2n) is 6.53. The molecule has 0 radical (unpaired) electrons. The van der Waals surface area contributed by atoms with Crippen LogP contribution in [-0.4, -0.2) is 19.0 Å². The lowest BCUT2D eigenvalue weighted by atomic mass is 10.2. The zero-order valence-electron chi connectivity index (χ0n) is 15.3. The molecule has 0 aliphatic heterocycles. The summed E-state index contributed by atoms with van der Waals surface area (Å²) in [5.74, 6) is 0.618. The molecular weight excluding hydrogens is 346 g/mol. The largest absolute Gasteiger partial charge is 0.491 e. The van der Waals surface area contributed by atoms with E-state index in [-0.39, 0.29) is 4.90 Å². The van der Waals surface area contributed by atoms with E-state index in [0.717, 1.165) is 23.8 Å². The van der Waals surface area contributed by atoms with E-state index in [4.69, 9.17) is 4.74 Å². The van der Waals surface area contributed by atoms with Crippen LogP contribution in [0.3, 0.4) is 0 Å². The Hall–Kier alpha value is -2.27. The minimum atomic E-state index is -3.66. The Balaban J connectivity index is 1.95. The van der Waals surface area contributed by atoms with Crippen molar-refractivity contribution in [2.24, 2.45) is 0 Å². The van der Waals surface area contributed by atoms with E-state index in [9.17, 15) is 8.42 Å². The molecule has 1 heterocycles. The van der Waals surface area contributed by atoms with Crippen molar-refractivity contribution >= 4 is 20.9 Å². The molecule has 0 atom stereocenters. The number of aromatic nitrogens is 1. The van der Waals surface area contributed by atoms with Gasteiger partial charge in [-0.1, -0.05) is 56.0 Å². The first-order chi connectivity index (χ1) is 12.5. The number of fused-ring (bicyclic) bond motifs is 1. The summed E-state index contributed by atoms with van der Waals surface area (Å²) in [7, 11) is -3.66. The smallest absolute Gasteiger partial charge is 0.268 e. The number of rotatable bonds is 8. The number of ether oxygens (including phenoxy) is 1. The summed E-state index contributed by atoms with van der Waals surface area (Å²) in [6.45, 7) is 4.70. The van der Waals surface area contributed by atoms with Crippen LogP contribution in [0.15, 0.2) is 59.6 Å². The van der Waals surface area contributed by atoms with E-state index in [1.807, 2.05) is 43.3 Å². The molecule has 0 saturated carbocycles. The predicted molar refractivity (Wildman–Crippen MR) is 105 cm³/mol. The third-order valence-corrected chi connectivity index (χ3v) is 6.16. The molecule has 0 unspecified atom stereocenters. The summed E-state index contributed by atoms with van der Waals surface area (Å²) in [6, 6.07) is 14.4. The monoisotopic (exact) mass is 371 g/mol. The Morgan fingerprint density at radius 1 is 0.962 bits per heavy atom. The highest BCUT2D eigenvalue weighted by Gasteiger charge is 2.21. The zero-order valence-corrected chi connectivity index (χ0v) is 16.1. The lowest BCUT2D eigenvalue weighted by Crippen LogP contribution is -2.11. The van der Waals surface area contributed by atoms with Crippen molar-refractivity contribution in [2.45, 2.75) is 44.4 Å². The average molecular weight is 372 g/mol. The van der Waals surface area contributed by atoms with E-state index in [2.05, 4.69) is 6.92 Å². The van der Waals surface area contributed by atoms with Crippen molar-refractivity contribution in [1.29, 1.82) is 0 Å². The molecule has 0 amide bonds. The first-order valence-electron chi connectivity index (χ1n) is 9.09. The summed E-state index contributed by atoms with van der Waals surface area (Å²) in [5, 5.41) is 0.818. The van der Waals surface area contributed by atoms with Gasteiger partial charge in [-0.05, 0) is 37.6 Å². The molecule has 0 aliphatic rings. The van der Waals surface area contributed by atoms with Gasteiger partial charge < -0.3 is 4.74 Å². The fourth-order valence-electron chi connectivity index (χ4n) is 2.97. The highest BCUT2D eigenvalue weighted by Crippen LogP contribution is 2.31. The molecule has 138 valence electrons. The lowest BCUT2D eigenvalue weighted by molar-refractivity contribution is 0.308. The molecule has 1 aromatic heterocycles. The van der Waals surface area contributed by atoms with Gasteiger partial charge in [0.05, 0.1) is 23.2 Å². The van der Waals surface area contributed by atoms with Crippen molar-refractivity contribution in [3.8, 4) is 5.75 Å². The molecule has 4 nitrogen and oxygen atoms in total. The lowest BCUT2D eigenvalue weighted by Gasteiger charge is -2.07. The van der Waals surface area contributed by atoms with Gasteiger partial charge in [-0.15, -0.1) is 0 Å². The Kier molecular flexibility index (Phi) is 5.67. The van der Waals surface area contributed by atoms with Crippen molar-refractivity contribution in [3.05, 3.63) is 60.3 Å². The quantitative estimate of drug-likeness (QED) is 0.515. The second-order valence-corrected chi connectivity index (χ2v) is 8.35. The molecule has 0 N–H and O–H groups in total. The Morgan fingerprint density at radius 3 is 2.42 bits per heavy atom. The molecule has 26 heavy (non-hydrogen) atoms. The number of nitrogens with zero attached hydrogens (tertiary/aromatic N) is 1. The van der Waals surface area contributed by atoms with Gasteiger partial charge in [-0.3, -0.25) is 0 Å². The maximum absolute atomic E-state index is 13.1. The Labute approximate surface area is 155 Å². The average Bonchev–Trinajstić information content (AvgIpc) is 3.02. The highest BCUT2D eigenvalue weighted by molar-refractivity contribution is 7.90. The number of para-hydroxylation sites is 1. The van der Waals surface area contributed by atoms with Crippen LogP contribution in [-0.2, 0) is 10.0 Å². The second kappa shape index (κ2) is 7.96. The molecule has 3 rings (SSSR count). The maximum atomic E-state index is 13.1. The molecule has 0 bridgehead atoms. The summed E-state index contributed by atoms with van der Waals surface area (Å²) < 4.78 is 33.4. The van der Waals surface area contributed by atoms with Gasteiger partial charge in [0, 0.05) is 5.39 Å². The third-order valence-electron chi connectivity index (χ3n) is 4.47. The summed E-state index contributed by atoms with van der Waals surface area (Å²) in [4.78, 5) is 0.276. The molecule has 3 aromatic rings. The minimum Gasteiger partial charge on any atom is -0.491 e. The number of aryl methyl sites for hydroxylation is 1. The first kappa shape index (κ1) is 18.5. The van der Waals surface area contributed by atoms with E-state index >= 15 is 0 Å². The van der Waals surface area contributed by atoms with E-state index < -0.39 is 10.0 Å². The molecule has 5 heteroatoms. The summed E-state index contributed by atoms with van der Waals surface area (Å²) >= 11 is 0. The van der Waals surface area contributed by atoms with Crippen molar-refractivity contribution < 1.29 is 13.2 Å². The van der Waals surface area contributed by atoms with Crippen molar-refractivity contribution in [3.63, 3.8) is 0 Å². The molecule has 2 aromatic carbocycles. The Morgan fingerprint density at radius 2 is 1.69 bits per heavy atom. The standard InChI is InChI=1S/C21H25NO3S/c1-3-4-5-8-15-25-21-16-22(20-10-7-6-9-19(20)21)26(23,24)18-13-11-17(2)12-14-18/h6-7,9-14,16H,3-5,8,15H2,1-2H3. The van der Waals surface area contributed by atoms with Gasteiger partial charge in [0.2, 0.25) is 0 Å². The molecule has 0 saturated heterocycles. The van der Waals surface area contributed by atoms with E-state index in [0.29, 0.717) is 17.9 Å². The van der Waals surface area contributed by atoms with Crippen LogP contribution in [0.4, 0.5) is 0 Å². The minimum absolute atomic E-state index is 0.276. The van der Waals surface area contributed by atoms with Crippen LogP contribution >= 0.6 is 0 Å². The molecule has 0 aliphatic carbocycles. The van der Waals surface area contributed by atoms with Crippen LogP contribution in [0.5, 0.6) is 5.75 Å². The fraction of sp³-hybridized carbons (Fsp3) is 0.333. The van der Waals surface area contributed by atoms with Gasteiger partial charge in [0.1, 0.15) is 5.75 Å². The summed E-state index contributed by atoms with van der Waals surface area (Å²) in [5.41, 5.74) is 1.66. The van der Waals surface area contributed by atoms with Crippen LogP contribution in [0.2, 0.25) is 0 Å². The molecule has 0 fully saturated rings. The number of hydrogen-bond acceptors (Lipinski definition) is 3. The van der Waals surface area contributed by atoms with Crippen LogP contribution < -0.4 is 4.74 Å².